The fourth-order valence-corrected chi connectivity index (χ4v) is 5.84. The lowest BCUT2D eigenvalue weighted by Gasteiger charge is -2.41. The van der Waals surface area contributed by atoms with Crippen LogP contribution in [0.15, 0.2) is 66.7 Å². The van der Waals surface area contributed by atoms with Crippen LogP contribution < -0.4 is 10.6 Å². The molecule has 2 amide bonds. The fourth-order valence-electron chi connectivity index (χ4n) is 5.84. The maximum Gasteiger partial charge on any atom is 0.257 e. The summed E-state index contributed by atoms with van der Waals surface area (Å²) in [7, 11) is 0. The van der Waals surface area contributed by atoms with Gasteiger partial charge in [0, 0.05) is 24.0 Å². The van der Waals surface area contributed by atoms with Crippen LogP contribution in [0.3, 0.4) is 0 Å². The van der Waals surface area contributed by atoms with Crippen LogP contribution >= 0.6 is 0 Å². The molecule has 0 spiro atoms. The Morgan fingerprint density at radius 1 is 0.868 bits per heavy atom. The molecule has 0 radical (unpaired) electrons. The molecule has 198 valence electrons. The van der Waals surface area contributed by atoms with Crippen molar-refractivity contribution in [1.82, 2.24) is 4.90 Å². The Hall–Kier alpha value is -3.74. The highest BCUT2D eigenvalue weighted by Gasteiger charge is 2.40. The summed E-state index contributed by atoms with van der Waals surface area (Å²) in [4.78, 5) is 29.0. The van der Waals surface area contributed by atoms with Crippen molar-refractivity contribution in [3.05, 3.63) is 95.1 Å². The third-order valence-corrected chi connectivity index (χ3v) is 7.73. The van der Waals surface area contributed by atoms with Crippen molar-refractivity contribution in [2.24, 2.45) is 5.92 Å². The van der Waals surface area contributed by atoms with Crippen LogP contribution in [0, 0.1) is 24.5 Å². The van der Waals surface area contributed by atoms with Gasteiger partial charge in [0.25, 0.3) is 5.91 Å². The number of hydrogen-bond donors (Lipinski definition) is 2. The van der Waals surface area contributed by atoms with E-state index in [0.29, 0.717) is 36.7 Å². The molecule has 5 nitrogen and oxygen atoms in total. The first-order chi connectivity index (χ1) is 18.4. The lowest BCUT2D eigenvalue weighted by atomic mass is 9.83. The standard InChI is InChI=1S/C31H33F2N3O2/c1-20-7-4-13-27(33)28(20)31(38)36-18-6-12-26(30(37)35-25-11-5-8-22(32)19-25)29(36)21-14-16-24(17-15-21)34-23-9-2-3-10-23/h4-5,7-8,11,13-17,19,23,26,29,34H,2-3,6,9-10,12,18H2,1H3,(H,35,37)/t26-,29-/m0/s1. The van der Waals surface area contributed by atoms with E-state index in [-0.39, 0.29) is 11.5 Å². The second kappa shape index (κ2) is 11.3. The Balaban J connectivity index is 1.47. The van der Waals surface area contributed by atoms with Gasteiger partial charge in [-0.3, -0.25) is 9.59 Å². The highest BCUT2D eigenvalue weighted by molar-refractivity contribution is 5.98. The summed E-state index contributed by atoms with van der Waals surface area (Å²) in [6.07, 6.45) is 5.90. The Kier molecular flexibility index (Phi) is 7.72. The molecule has 2 atom stereocenters. The fraction of sp³-hybridized carbons (Fsp3) is 0.355. The van der Waals surface area contributed by atoms with Crippen LogP contribution in [0.4, 0.5) is 20.2 Å². The van der Waals surface area contributed by atoms with E-state index < -0.39 is 29.5 Å². The van der Waals surface area contributed by atoms with E-state index in [2.05, 4.69) is 10.6 Å². The van der Waals surface area contributed by atoms with E-state index in [1.165, 1.54) is 37.1 Å². The molecule has 5 rings (SSSR count). The Labute approximate surface area is 222 Å². The van der Waals surface area contributed by atoms with Gasteiger partial charge in [0.05, 0.1) is 17.5 Å². The molecule has 3 aromatic carbocycles. The van der Waals surface area contributed by atoms with E-state index >= 15 is 0 Å². The van der Waals surface area contributed by atoms with Crippen molar-refractivity contribution in [2.75, 3.05) is 17.2 Å². The molecule has 2 fully saturated rings. The maximum absolute atomic E-state index is 14.8. The molecule has 3 aromatic rings. The molecular weight excluding hydrogens is 484 g/mol. The normalized spacial score (nSPS) is 19.8. The van der Waals surface area contributed by atoms with Crippen LogP contribution in [0.5, 0.6) is 0 Å². The summed E-state index contributed by atoms with van der Waals surface area (Å²) in [5.41, 5.74) is 2.75. The van der Waals surface area contributed by atoms with E-state index in [9.17, 15) is 18.4 Å². The van der Waals surface area contributed by atoms with Crippen molar-refractivity contribution in [3.63, 3.8) is 0 Å². The highest BCUT2D eigenvalue weighted by Crippen LogP contribution is 2.39. The van der Waals surface area contributed by atoms with Gasteiger partial charge in [-0.25, -0.2) is 8.78 Å². The number of amides is 2. The number of nitrogens with one attached hydrogen (secondary N) is 2. The van der Waals surface area contributed by atoms with E-state index in [1.807, 2.05) is 24.3 Å². The Morgan fingerprint density at radius 2 is 1.61 bits per heavy atom. The van der Waals surface area contributed by atoms with Crippen molar-refractivity contribution < 1.29 is 18.4 Å². The van der Waals surface area contributed by atoms with Gasteiger partial charge < -0.3 is 15.5 Å². The molecule has 1 heterocycles. The predicted molar refractivity (Wildman–Crippen MR) is 145 cm³/mol. The molecular formula is C31H33F2N3O2. The minimum atomic E-state index is -0.593. The van der Waals surface area contributed by atoms with Gasteiger partial charge in [0.2, 0.25) is 5.91 Å². The summed E-state index contributed by atoms with van der Waals surface area (Å²) in [5.74, 6) is -2.33. The number of likely N-dealkylation sites (tertiary alicyclic amines) is 1. The van der Waals surface area contributed by atoms with Gasteiger partial charge in [-0.1, -0.05) is 43.2 Å². The lowest BCUT2D eigenvalue weighted by molar-refractivity contribution is -0.123. The first-order valence-electron chi connectivity index (χ1n) is 13.4. The number of aryl methyl sites for hydroxylation is 1. The summed E-state index contributed by atoms with van der Waals surface area (Å²) in [6.45, 7) is 2.12. The van der Waals surface area contributed by atoms with Crippen molar-refractivity contribution in [1.29, 1.82) is 0 Å². The van der Waals surface area contributed by atoms with Crippen LogP contribution in [0.2, 0.25) is 0 Å². The molecule has 1 aliphatic heterocycles. The van der Waals surface area contributed by atoms with Crippen LogP contribution in [-0.4, -0.2) is 29.3 Å². The number of anilines is 2. The van der Waals surface area contributed by atoms with Gasteiger partial charge in [-0.2, -0.15) is 0 Å². The second-order valence-corrected chi connectivity index (χ2v) is 10.4. The smallest absolute Gasteiger partial charge is 0.257 e. The molecule has 1 saturated carbocycles. The zero-order valence-corrected chi connectivity index (χ0v) is 21.6. The highest BCUT2D eigenvalue weighted by atomic mass is 19.1. The van der Waals surface area contributed by atoms with Crippen molar-refractivity contribution in [3.8, 4) is 0 Å². The van der Waals surface area contributed by atoms with Crippen molar-refractivity contribution >= 4 is 23.2 Å². The number of nitrogens with zero attached hydrogens (tertiary/aromatic N) is 1. The zero-order chi connectivity index (χ0) is 26.6. The molecule has 1 saturated heterocycles. The number of piperidine rings is 1. The van der Waals surface area contributed by atoms with Gasteiger partial charge >= 0.3 is 0 Å². The summed E-state index contributed by atoms with van der Waals surface area (Å²) in [6, 6.07) is 18.1. The molecule has 0 aromatic heterocycles. The third kappa shape index (κ3) is 5.57. The Morgan fingerprint density at radius 3 is 2.32 bits per heavy atom. The van der Waals surface area contributed by atoms with Crippen LogP contribution in [-0.2, 0) is 4.79 Å². The molecule has 2 aliphatic rings. The lowest BCUT2D eigenvalue weighted by Crippen LogP contribution is -2.46. The number of rotatable bonds is 6. The minimum absolute atomic E-state index is 0.0307. The average Bonchev–Trinajstić information content (AvgIpc) is 3.42. The molecule has 0 unspecified atom stereocenters. The van der Waals surface area contributed by atoms with Gasteiger partial charge in [-0.05, 0) is 80.1 Å². The average molecular weight is 518 g/mol. The topological polar surface area (TPSA) is 61.4 Å². The molecule has 7 heteroatoms. The quantitative estimate of drug-likeness (QED) is 0.376. The number of hydrogen-bond acceptors (Lipinski definition) is 3. The first-order valence-corrected chi connectivity index (χ1v) is 13.4. The monoisotopic (exact) mass is 517 g/mol. The predicted octanol–water partition coefficient (Wildman–Crippen LogP) is 6.86. The summed E-state index contributed by atoms with van der Waals surface area (Å²) < 4.78 is 28.6. The largest absolute Gasteiger partial charge is 0.382 e. The van der Waals surface area contributed by atoms with E-state index in [0.717, 1.165) is 24.1 Å². The molecule has 0 bridgehead atoms. The van der Waals surface area contributed by atoms with E-state index in [4.69, 9.17) is 0 Å². The first kappa shape index (κ1) is 25.9. The maximum atomic E-state index is 14.8. The Bertz CT molecular complexity index is 1280. The molecule has 1 aliphatic carbocycles. The van der Waals surface area contributed by atoms with E-state index in [1.54, 1.807) is 30.0 Å². The number of benzene rings is 3. The van der Waals surface area contributed by atoms with Crippen molar-refractivity contribution in [2.45, 2.75) is 57.5 Å². The third-order valence-electron chi connectivity index (χ3n) is 7.73. The van der Waals surface area contributed by atoms with Crippen LogP contribution in [0.25, 0.3) is 0 Å². The van der Waals surface area contributed by atoms with Gasteiger partial charge in [0.1, 0.15) is 11.6 Å². The summed E-state index contributed by atoms with van der Waals surface area (Å²) in [5, 5.41) is 6.40. The number of carbonyl (C=O) groups is 2. The number of carbonyl (C=O) groups excluding carboxylic acids is 2. The summed E-state index contributed by atoms with van der Waals surface area (Å²) >= 11 is 0. The SMILES string of the molecule is Cc1cccc(F)c1C(=O)N1CCC[C@H](C(=O)Nc2cccc(F)c2)[C@@H]1c1ccc(NC2CCCC2)cc1. The second-order valence-electron chi connectivity index (χ2n) is 10.4. The number of halogens is 2. The van der Waals surface area contributed by atoms with Crippen LogP contribution in [0.1, 0.15) is 66.1 Å². The van der Waals surface area contributed by atoms with Gasteiger partial charge in [-0.15, -0.1) is 0 Å². The minimum Gasteiger partial charge on any atom is -0.382 e. The zero-order valence-electron chi connectivity index (χ0n) is 21.6. The molecule has 2 N–H and O–H groups in total. The molecule has 38 heavy (non-hydrogen) atoms. The van der Waals surface area contributed by atoms with Gasteiger partial charge in [0.15, 0.2) is 0 Å².